The fourth-order valence-electron chi connectivity index (χ4n) is 1.14. The van der Waals surface area contributed by atoms with Crippen LogP contribution in [0.1, 0.15) is 5.56 Å². The van der Waals surface area contributed by atoms with Crippen LogP contribution in [0.5, 0.6) is 0 Å². The summed E-state index contributed by atoms with van der Waals surface area (Å²) in [6, 6.07) is 4.92. The van der Waals surface area contributed by atoms with Gasteiger partial charge in [0, 0.05) is 0 Å². The molecule has 0 saturated heterocycles. The van der Waals surface area contributed by atoms with Crippen molar-refractivity contribution in [2.24, 2.45) is 0 Å². The molecule has 0 bridgehead atoms. The topological polar surface area (TPSA) is 111 Å². The van der Waals surface area contributed by atoms with E-state index in [0.717, 1.165) is 7.11 Å². The van der Waals surface area contributed by atoms with Crippen LogP contribution in [0, 0.1) is 6.92 Å². The summed E-state index contributed by atoms with van der Waals surface area (Å²) in [4.78, 5) is 10.8. The Morgan fingerprint density at radius 1 is 1.41 bits per heavy atom. The molecule has 17 heavy (non-hydrogen) atoms. The predicted molar refractivity (Wildman–Crippen MR) is 63.7 cm³/mol. The maximum absolute atomic E-state index is 11.5. The van der Waals surface area contributed by atoms with E-state index in [0.29, 0.717) is 5.56 Å². The third-order valence-electron chi connectivity index (χ3n) is 1.94. The van der Waals surface area contributed by atoms with Crippen molar-refractivity contribution in [1.29, 1.82) is 0 Å². The summed E-state index contributed by atoms with van der Waals surface area (Å²) in [6.07, 6.45) is -1.08. The lowest BCUT2D eigenvalue weighted by Gasteiger charge is -2.12. The smallest absolute Gasteiger partial charge is 0.422 e. The average Bonchev–Trinajstić information content (AvgIpc) is 2.23. The SMILES string of the molecule is COC(=O)NS(=O)(=O)Nc1c(C)cccc1N. The number of anilines is 2. The van der Waals surface area contributed by atoms with Crippen molar-refractivity contribution in [3.8, 4) is 0 Å². The highest BCUT2D eigenvalue weighted by Gasteiger charge is 2.16. The number of nitrogens with two attached hydrogens (primary N) is 1. The van der Waals surface area contributed by atoms with Crippen LogP contribution >= 0.6 is 0 Å². The van der Waals surface area contributed by atoms with E-state index in [-0.39, 0.29) is 11.4 Å². The number of ether oxygens (including phenoxy) is 1. The van der Waals surface area contributed by atoms with Gasteiger partial charge >= 0.3 is 16.3 Å². The summed E-state index contributed by atoms with van der Waals surface area (Å²) in [7, 11) is -2.98. The first-order chi connectivity index (χ1) is 7.85. The highest BCUT2D eigenvalue weighted by atomic mass is 32.2. The number of benzene rings is 1. The Morgan fingerprint density at radius 3 is 2.59 bits per heavy atom. The molecule has 94 valence electrons. The van der Waals surface area contributed by atoms with Crippen LogP contribution in [-0.2, 0) is 14.9 Å². The number of amides is 1. The van der Waals surface area contributed by atoms with Crippen LogP contribution in [0.4, 0.5) is 16.2 Å². The van der Waals surface area contributed by atoms with Gasteiger partial charge in [0.05, 0.1) is 18.5 Å². The molecule has 0 aromatic heterocycles. The Bertz CT molecular complexity index is 507. The summed E-state index contributed by atoms with van der Waals surface area (Å²) in [5, 5.41) is 0. The minimum Gasteiger partial charge on any atom is -0.452 e. The average molecular weight is 259 g/mol. The highest BCUT2D eigenvalue weighted by Crippen LogP contribution is 2.23. The normalized spacial score (nSPS) is 10.7. The molecule has 0 heterocycles. The number of methoxy groups -OCH3 is 1. The van der Waals surface area contributed by atoms with Crippen LogP contribution in [-0.4, -0.2) is 21.6 Å². The Morgan fingerprint density at radius 2 is 2.06 bits per heavy atom. The molecule has 0 aliphatic heterocycles. The summed E-state index contributed by atoms with van der Waals surface area (Å²) < 4.78 is 31.0. The van der Waals surface area contributed by atoms with Crippen molar-refractivity contribution in [3.63, 3.8) is 0 Å². The number of nitrogens with one attached hydrogen (secondary N) is 2. The van der Waals surface area contributed by atoms with E-state index in [2.05, 4.69) is 9.46 Å². The fraction of sp³-hybridized carbons (Fsp3) is 0.222. The van der Waals surface area contributed by atoms with Gasteiger partial charge in [-0.3, -0.25) is 4.72 Å². The molecule has 4 N–H and O–H groups in total. The van der Waals surface area contributed by atoms with Crippen molar-refractivity contribution >= 4 is 27.7 Å². The largest absolute Gasteiger partial charge is 0.452 e. The van der Waals surface area contributed by atoms with Gasteiger partial charge in [-0.05, 0) is 18.6 Å². The first-order valence-corrected chi connectivity index (χ1v) is 6.07. The fourth-order valence-corrected chi connectivity index (χ4v) is 2.04. The van der Waals surface area contributed by atoms with Crippen molar-refractivity contribution in [2.45, 2.75) is 6.92 Å². The number of carbonyl (C=O) groups is 1. The second-order valence-corrected chi connectivity index (χ2v) is 4.65. The molecule has 1 amide bonds. The van der Waals surface area contributed by atoms with Gasteiger partial charge in [-0.25, -0.2) is 9.52 Å². The Hall–Kier alpha value is -1.96. The third kappa shape index (κ3) is 3.52. The zero-order valence-electron chi connectivity index (χ0n) is 9.35. The van der Waals surface area contributed by atoms with E-state index < -0.39 is 16.3 Å². The van der Waals surface area contributed by atoms with Gasteiger partial charge in [-0.2, -0.15) is 8.42 Å². The number of para-hydroxylation sites is 1. The number of hydrogen-bond donors (Lipinski definition) is 3. The molecule has 1 aromatic carbocycles. The number of nitrogen functional groups attached to an aromatic ring is 1. The summed E-state index contributed by atoms with van der Waals surface area (Å²) in [5.41, 5.74) is 6.75. The number of carbonyl (C=O) groups excluding carboxylic acids is 1. The van der Waals surface area contributed by atoms with E-state index in [9.17, 15) is 13.2 Å². The zero-order valence-corrected chi connectivity index (χ0v) is 10.2. The molecular formula is C9H13N3O4S. The van der Waals surface area contributed by atoms with E-state index in [1.807, 2.05) is 0 Å². The summed E-state index contributed by atoms with van der Waals surface area (Å²) >= 11 is 0. The Labute approximate surface area is 99.1 Å². The van der Waals surface area contributed by atoms with Crippen LogP contribution < -0.4 is 15.2 Å². The molecule has 0 aliphatic rings. The van der Waals surface area contributed by atoms with Crippen molar-refractivity contribution in [1.82, 2.24) is 4.72 Å². The van der Waals surface area contributed by atoms with Gasteiger partial charge < -0.3 is 10.5 Å². The molecule has 8 heteroatoms. The molecule has 0 aliphatic carbocycles. The molecule has 0 saturated carbocycles. The van der Waals surface area contributed by atoms with Gasteiger partial charge in [0.1, 0.15) is 0 Å². The summed E-state index contributed by atoms with van der Waals surface area (Å²) in [5.74, 6) is 0. The van der Waals surface area contributed by atoms with Crippen molar-refractivity contribution in [3.05, 3.63) is 23.8 Å². The molecule has 1 rings (SSSR count). The maximum atomic E-state index is 11.5. The molecule has 0 radical (unpaired) electrons. The van der Waals surface area contributed by atoms with E-state index in [1.54, 1.807) is 29.8 Å². The second-order valence-electron chi connectivity index (χ2n) is 3.24. The first kappa shape index (κ1) is 13.1. The predicted octanol–water partition coefficient (Wildman–Crippen LogP) is 0.590. The molecule has 0 spiro atoms. The van der Waals surface area contributed by atoms with Gasteiger partial charge in [0.15, 0.2) is 0 Å². The standard InChI is InChI=1S/C9H13N3O4S/c1-6-4-3-5-7(10)8(6)11-17(14,15)12-9(13)16-2/h3-5,11H,10H2,1-2H3,(H,12,13). The third-order valence-corrected chi connectivity index (χ3v) is 2.85. The van der Waals surface area contributed by atoms with Gasteiger partial charge in [-0.15, -0.1) is 0 Å². The van der Waals surface area contributed by atoms with E-state index in [1.165, 1.54) is 0 Å². The quantitative estimate of drug-likeness (QED) is 0.688. The number of aryl methyl sites for hydroxylation is 1. The van der Waals surface area contributed by atoms with E-state index >= 15 is 0 Å². The number of hydrogen-bond acceptors (Lipinski definition) is 5. The summed E-state index contributed by atoms with van der Waals surface area (Å²) in [6.45, 7) is 1.69. The molecule has 7 nitrogen and oxygen atoms in total. The monoisotopic (exact) mass is 259 g/mol. The lowest BCUT2D eigenvalue weighted by Crippen LogP contribution is -2.35. The number of rotatable bonds is 3. The molecular weight excluding hydrogens is 246 g/mol. The maximum Gasteiger partial charge on any atom is 0.422 e. The Balaban J connectivity index is 2.95. The van der Waals surface area contributed by atoms with E-state index in [4.69, 9.17) is 5.73 Å². The molecule has 1 aromatic rings. The van der Waals surface area contributed by atoms with Crippen LogP contribution in [0.25, 0.3) is 0 Å². The zero-order chi connectivity index (χ0) is 13.1. The second kappa shape index (κ2) is 4.91. The van der Waals surface area contributed by atoms with Crippen molar-refractivity contribution in [2.75, 3.05) is 17.6 Å². The molecule has 0 atom stereocenters. The lowest BCUT2D eigenvalue weighted by atomic mass is 10.2. The minimum atomic E-state index is -4.05. The van der Waals surface area contributed by atoms with Crippen LogP contribution in [0.15, 0.2) is 18.2 Å². The lowest BCUT2D eigenvalue weighted by molar-refractivity contribution is 0.177. The van der Waals surface area contributed by atoms with Crippen LogP contribution in [0.3, 0.4) is 0 Å². The highest BCUT2D eigenvalue weighted by molar-refractivity contribution is 7.91. The van der Waals surface area contributed by atoms with Gasteiger partial charge in [0.25, 0.3) is 0 Å². The first-order valence-electron chi connectivity index (χ1n) is 4.59. The molecule has 0 fully saturated rings. The van der Waals surface area contributed by atoms with Crippen LogP contribution in [0.2, 0.25) is 0 Å². The molecule has 0 unspecified atom stereocenters. The Kier molecular flexibility index (Phi) is 3.79. The van der Waals surface area contributed by atoms with Crippen molar-refractivity contribution < 1.29 is 17.9 Å². The van der Waals surface area contributed by atoms with Gasteiger partial charge in [-0.1, -0.05) is 12.1 Å². The minimum absolute atomic E-state index is 0.226. The van der Waals surface area contributed by atoms with Gasteiger partial charge in [0.2, 0.25) is 0 Å².